The minimum atomic E-state index is -3.47. The fraction of sp³-hybridized carbons (Fsp3) is 0.588. The van der Waals surface area contributed by atoms with E-state index >= 15 is 0 Å². The fourth-order valence-corrected chi connectivity index (χ4v) is 4.18. The molecule has 4 nitrogen and oxygen atoms in total. The van der Waals surface area contributed by atoms with Crippen LogP contribution < -0.4 is 0 Å². The summed E-state index contributed by atoms with van der Waals surface area (Å²) in [4.78, 5) is 14.4. The van der Waals surface area contributed by atoms with Crippen molar-refractivity contribution in [3.05, 3.63) is 35.6 Å². The summed E-state index contributed by atoms with van der Waals surface area (Å²) < 4.78 is 38.5. The van der Waals surface area contributed by atoms with E-state index in [1.807, 2.05) is 0 Å². The van der Waals surface area contributed by atoms with Crippen LogP contribution in [0.5, 0.6) is 0 Å². The quantitative estimate of drug-likeness (QED) is 0.766. The molecule has 6 heteroatoms. The lowest BCUT2D eigenvalue weighted by Gasteiger charge is -2.32. The van der Waals surface area contributed by atoms with E-state index in [-0.39, 0.29) is 17.6 Å². The maximum Gasteiger partial charge on any atom is 0.241 e. The molecule has 1 saturated carbocycles. The van der Waals surface area contributed by atoms with Gasteiger partial charge in [0.1, 0.15) is 11.1 Å². The lowest BCUT2D eigenvalue weighted by molar-refractivity contribution is -0.133. The number of hydrogen-bond acceptors (Lipinski definition) is 3. The van der Waals surface area contributed by atoms with Crippen LogP contribution in [0.15, 0.2) is 24.3 Å². The normalized spacial score (nSPS) is 17.6. The van der Waals surface area contributed by atoms with Crippen LogP contribution in [0.25, 0.3) is 0 Å². The fourth-order valence-electron chi connectivity index (χ4n) is 2.83. The van der Waals surface area contributed by atoms with Crippen LogP contribution in [0.1, 0.15) is 51.6 Å². The zero-order chi connectivity index (χ0) is 17.2. The highest BCUT2D eigenvalue weighted by Crippen LogP contribution is 2.36. The van der Waals surface area contributed by atoms with Gasteiger partial charge >= 0.3 is 0 Å². The Hall–Kier alpha value is -1.43. The van der Waals surface area contributed by atoms with Crippen molar-refractivity contribution in [1.82, 2.24) is 4.90 Å². The van der Waals surface area contributed by atoms with Crippen LogP contribution in [0, 0.1) is 5.82 Å². The number of carbonyl (C=O) groups excluding carboxylic acids is 1. The summed E-state index contributed by atoms with van der Waals surface area (Å²) >= 11 is 0. The first-order valence-corrected chi connectivity index (χ1v) is 9.79. The second kappa shape index (κ2) is 6.99. The van der Waals surface area contributed by atoms with Crippen LogP contribution in [0.2, 0.25) is 0 Å². The Bertz CT molecular complexity index is 670. The van der Waals surface area contributed by atoms with Gasteiger partial charge in [-0.2, -0.15) is 0 Å². The van der Waals surface area contributed by atoms with Crippen LogP contribution in [-0.2, 0) is 14.6 Å². The molecule has 1 aliphatic carbocycles. The summed E-state index contributed by atoms with van der Waals surface area (Å²) in [6.07, 6.45) is 2.16. The zero-order valence-electron chi connectivity index (χ0n) is 13.8. The van der Waals surface area contributed by atoms with E-state index in [1.54, 1.807) is 36.9 Å². The molecule has 0 heterocycles. The Morgan fingerprint density at radius 1 is 1.30 bits per heavy atom. The van der Waals surface area contributed by atoms with Crippen molar-refractivity contribution in [2.45, 2.75) is 57.4 Å². The third-order valence-electron chi connectivity index (χ3n) is 4.34. The predicted octanol–water partition coefficient (Wildman–Crippen LogP) is 3.09. The summed E-state index contributed by atoms with van der Waals surface area (Å²) in [6, 6.07) is 5.86. The Morgan fingerprint density at radius 2 is 1.91 bits per heavy atom. The molecule has 2 atom stereocenters. The van der Waals surface area contributed by atoms with Gasteiger partial charge in [0.05, 0.1) is 11.8 Å². The average molecular weight is 341 g/mol. The smallest absolute Gasteiger partial charge is 0.241 e. The molecule has 1 aromatic carbocycles. The molecule has 0 aliphatic heterocycles. The van der Waals surface area contributed by atoms with Gasteiger partial charge in [0, 0.05) is 11.6 Å². The van der Waals surface area contributed by atoms with Gasteiger partial charge in [-0.3, -0.25) is 4.79 Å². The molecule has 0 saturated heterocycles. The van der Waals surface area contributed by atoms with Gasteiger partial charge in [0.15, 0.2) is 9.84 Å². The van der Waals surface area contributed by atoms with E-state index in [0.717, 1.165) is 12.8 Å². The van der Waals surface area contributed by atoms with Gasteiger partial charge in [0.2, 0.25) is 5.91 Å². The van der Waals surface area contributed by atoms with Crippen molar-refractivity contribution < 1.29 is 17.6 Å². The molecule has 0 aromatic heterocycles. The number of amides is 1. The first-order valence-electron chi connectivity index (χ1n) is 8.07. The number of halogens is 1. The summed E-state index contributed by atoms with van der Waals surface area (Å²) in [7, 11) is -3.47. The van der Waals surface area contributed by atoms with E-state index in [2.05, 4.69) is 0 Å². The lowest BCUT2D eigenvalue weighted by atomic mass is 10.1. The van der Waals surface area contributed by atoms with Crippen LogP contribution in [-0.4, -0.2) is 36.3 Å². The predicted molar refractivity (Wildman–Crippen MR) is 88.2 cm³/mol. The summed E-state index contributed by atoms with van der Waals surface area (Å²) in [5.41, 5.74) is 0.424. The van der Waals surface area contributed by atoms with Crippen molar-refractivity contribution in [3.63, 3.8) is 0 Å². The number of sulfone groups is 1. The molecule has 2 rings (SSSR count). The van der Waals surface area contributed by atoms with E-state index in [9.17, 15) is 17.6 Å². The number of carbonyl (C=O) groups is 1. The molecule has 0 radical (unpaired) electrons. The molecule has 128 valence electrons. The van der Waals surface area contributed by atoms with Crippen molar-refractivity contribution in [1.29, 1.82) is 0 Å². The van der Waals surface area contributed by atoms with Crippen molar-refractivity contribution in [2.24, 2.45) is 0 Å². The molecule has 1 aromatic rings. The van der Waals surface area contributed by atoms with Crippen LogP contribution in [0.4, 0.5) is 4.39 Å². The molecule has 1 aliphatic rings. The monoisotopic (exact) mass is 341 g/mol. The minimum absolute atomic E-state index is 0.00745. The Kier molecular flexibility index (Phi) is 5.45. The molecule has 1 amide bonds. The summed E-state index contributed by atoms with van der Waals surface area (Å²) in [5, 5.41) is -1.09. The number of nitrogens with zero attached hydrogens (tertiary/aromatic N) is 1. The lowest BCUT2D eigenvalue weighted by Crippen LogP contribution is -2.44. The van der Waals surface area contributed by atoms with Gasteiger partial charge in [0.25, 0.3) is 0 Å². The molecule has 0 bridgehead atoms. The first-order chi connectivity index (χ1) is 10.8. The highest BCUT2D eigenvalue weighted by molar-refractivity contribution is 7.92. The maximum atomic E-state index is 14.0. The molecule has 0 spiro atoms. The van der Waals surface area contributed by atoms with Gasteiger partial charge in [-0.15, -0.1) is 0 Å². The third-order valence-corrected chi connectivity index (χ3v) is 6.60. The molecule has 0 N–H and O–H groups in total. The molecule has 23 heavy (non-hydrogen) atoms. The van der Waals surface area contributed by atoms with Crippen LogP contribution in [0.3, 0.4) is 0 Å². The number of benzene rings is 1. The van der Waals surface area contributed by atoms with E-state index in [4.69, 9.17) is 0 Å². The van der Waals surface area contributed by atoms with Crippen molar-refractivity contribution in [2.75, 3.05) is 5.75 Å². The number of hydrogen-bond donors (Lipinski definition) is 0. The molecule has 0 unspecified atom stereocenters. The topological polar surface area (TPSA) is 54.5 Å². The molecular weight excluding hydrogens is 317 g/mol. The summed E-state index contributed by atoms with van der Waals surface area (Å²) in [5.74, 6) is -0.800. The van der Waals surface area contributed by atoms with Gasteiger partial charge < -0.3 is 4.90 Å². The van der Waals surface area contributed by atoms with Gasteiger partial charge in [-0.05, 0) is 39.2 Å². The standard InChI is InChI=1S/C17H24FNO3S/c1-4-11-23(21,22)13(3)17(20)19(14-9-10-14)12(2)15-7-5-6-8-16(15)18/h5-8,12-14H,4,9-11H2,1-3H3/t12-,13-/m1/s1. The SMILES string of the molecule is CCCS(=O)(=O)[C@H](C)C(=O)N(C1CC1)[C@H](C)c1ccccc1F. The third kappa shape index (κ3) is 3.91. The van der Waals surface area contributed by atoms with E-state index < -0.39 is 27.0 Å². The van der Waals surface area contributed by atoms with Crippen LogP contribution >= 0.6 is 0 Å². The van der Waals surface area contributed by atoms with Crippen molar-refractivity contribution >= 4 is 15.7 Å². The number of rotatable bonds is 7. The van der Waals surface area contributed by atoms with E-state index in [0.29, 0.717) is 12.0 Å². The molecular formula is C17H24FNO3S. The Balaban J connectivity index is 2.28. The maximum absolute atomic E-state index is 14.0. The zero-order valence-corrected chi connectivity index (χ0v) is 14.6. The van der Waals surface area contributed by atoms with E-state index in [1.165, 1.54) is 13.0 Å². The largest absolute Gasteiger partial charge is 0.332 e. The second-order valence-corrected chi connectivity index (χ2v) is 8.62. The Labute approximate surface area is 137 Å². The van der Waals surface area contributed by atoms with Gasteiger partial charge in [-0.25, -0.2) is 12.8 Å². The van der Waals surface area contributed by atoms with Crippen molar-refractivity contribution in [3.8, 4) is 0 Å². The highest BCUT2D eigenvalue weighted by Gasteiger charge is 2.41. The Morgan fingerprint density at radius 3 is 2.43 bits per heavy atom. The highest BCUT2D eigenvalue weighted by atomic mass is 32.2. The second-order valence-electron chi connectivity index (χ2n) is 6.18. The average Bonchev–Trinajstić information content (AvgIpc) is 3.31. The molecule has 1 fully saturated rings. The van der Waals surface area contributed by atoms with Gasteiger partial charge in [-0.1, -0.05) is 25.1 Å². The first kappa shape index (κ1) is 17.9. The minimum Gasteiger partial charge on any atom is -0.332 e. The summed E-state index contributed by atoms with van der Waals surface area (Å²) in [6.45, 7) is 4.97.